The molecule has 4 heteroatoms. The summed E-state index contributed by atoms with van der Waals surface area (Å²) in [6.07, 6.45) is 7.96. The van der Waals surface area contributed by atoms with Gasteiger partial charge in [0.1, 0.15) is 0 Å². The fourth-order valence-electron chi connectivity index (χ4n) is 3.30. The Morgan fingerprint density at radius 2 is 1.72 bits per heavy atom. The molecule has 2 fully saturated rings. The summed E-state index contributed by atoms with van der Waals surface area (Å²) in [5, 5.41) is 0. The van der Waals surface area contributed by atoms with E-state index in [0.29, 0.717) is 11.6 Å². The summed E-state index contributed by atoms with van der Waals surface area (Å²) in [6, 6.07) is 0. The maximum atomic E-state index is 5.69. The molecule has 2 rings (SSSR count). The molecule has 0 N–H and O–H groups in total. The van der Waals surface area contributed by atoms with Gasteiger partial charge in [-0.1, -0.05) is 25.8 Å². The van der Waals surface area contributed by atoms with E-state index in [1.165, 1.54) is 44.2 Å². The molecule has 1 heterocycles. The maximum absolute atomic E-state index is 5.69. The van der Waals surface area contributed by atoms with E-state index in [-0.39, 0.29) is 0 Å². The van der Waals surface area contributed by atoms with E-state index in [0.717, 1.165) is 6.54 Å². The van der Waals surface area contributed by atoms with Gasteiger partial charge in [0.2, 0.25) is 0 Å². The zero-order chi connectivity index (χ0) is 13.2. The van der Waals surface area contributed by atoms with E-state index in [9.17, 15) is 0 Å². The Hall–Kier alpha value is -0.323. The first-order valence-electron chi connectivity index (χ1n) is 7.18. The van der Waals surface area contributed by atoms with E-state index < -0.39 is 8.56 Å². The van der Waals surface area contributed by atoms with Crippen LogP contribution in [0.4, 0.5) is 0 Å². The Kier molecular flexibility index (Phi) is 4.51. The van der Waals surface area contributed by atoms with Crippen LogP contribution in [0.1, 0.15) is 38.5 Å². The van der Waals surface area contributed by atoms with E-state index in [2.05, 4.69) is 18.0 Å². The molecule has 0 aromatic carbocycles. The van der Waals surface area contributed by atoms with Gasteiger partial charge in [-0.05, 0) is 31.7 Å². The predicted molar refractivity (Wildman–Crippen MR) is 76.5 cm³/mol. The number of hydrogen-bond acceptors (Lipinski definition) is 3. The standard InChI is InChI=1S/C14H27NO2Si/c1-12(13-8-6-5-7-9-13)15-11-10-14(15)18(4,16-2)17-3/h13-14H,1,5-11H2,2-4H3. The van der Waals surface area contributed by atoms with E-state index in [4.69, 9.17) is 8.85 Å². The van der Waals surface area contributed by atoms with Gasteiger partial charge in [0, 0.05) is 26.5 Å². The topological polar surface area (TPSA) is 21.7 Å². The molecule has 1 unspecified atom stereocenters. The Labute approximate surface area is 112 Å². The van der Waals surface area contributed by atoms with E-state index in [1.807, 2.05) is 0 Å². The largest absolute Gasteiger partial charge is 0.397 e. The van der Waals surface area contributed by atoms with Gasteiger partial charge < -0.3 is 13.8 Å². The molecular weight excluding hydrogens is 242 g/mol. The van der Waals surface area contributed by atoms with Gasteiger partial charge in [-0.3, -0.25) is 0 Å². The summed E-state index contributed by atoms with van der Waals surface area (Å²) < 4.78 is 11.4. The van der Waals surface area contributed by atoms with Crippen LogP contribution in [-0.2, 0) is 8.85 Å². The minimum Gasteiger partial charge on any atom is -0.397 e. The van der Waals surface area contributed by atoms with Crippen LogP contribution in [0.3, 0.4) is 0 Å². The van der Waals surface area contributed by atoms with Gasteiger partial charge >= 0.3 is 8.56 Å². The van der Waals surface area contributed by atoms with Crippen molar-refractivity contribution in [1.29, 1.82) is 0 Å². The third-order valence-electron chi connectivity index (χ3n) is 4.88. The minimum atomic E-state index is -2.04. The third kappa shape index (κ3) is 2.51. The summed E-state index contributed by atoms with van der Waals surface area (Å²) in [4.78, 5) is 2.47. The molecule has 0 amide bonds. The van der Waals surface area contributed by atoms with Crippen LogP contribution in [0, 0.1) is 5.92 Å². The van der Waals surface area contributed by atoms with Crippen LogP contribution in [0.15, 0.2) is 12.3 Å². The first kappa shape index (κ1) is 14.1. The maximum Gasteiger partial charge on any atom is 0.357 e. The highest BCUT2D eigenvalue weighted by molar-refractivity contribution is 6.67. The first-order chi connectivity index (χ1) is 8.62. The molecule has 0 radical (unpaired) electrons. The molecule has 1 atom stereocenters. The van der Waals surface area contributed by atoms with Crippen molar-refractivity contribution in [3.05, 3.63) is 12.3 Å². The van der Waals surface area contributed by atoms with Crippen molar-refractivity contribution in [2.24, 2.45) is 5.92 Å². The molecule has 1 saturated heterocycles. The predicted octanol–water partition coefficient (Wildman–Crippen LogP) is 3.06. The number of hydrogen-bond donors (Lipinski definition) is 0. The summed E-state index contributed by atoms with van der Waals surface area (Å²) in [6.45, 7) is 7.67. The molecule has 1 aliphatic carbocycles. The van der Waals surface area contributed by atoms with Gasteiger partial charge in [0.25, 0.3) is 0 Å². The number of rotatable bonds is 5. The van der Waals surface area contributed by atoms with Crippen molar-refractivity contribution in [3.8, 4) is 0 Å². The quantitative estimate of drug-likeness (QED) is 0.716. The van der Waals surface area contributed by atoms with Crippen molar-refractivity contribution < 1.29 is 8.85 Å². The fraction of sp³-hybridized carbons (Fsp3) is 0.857. The third-order valence-corrected chi connectivity index (χ3v) is 8.31. The average molecular weight is 269 g/mol. The monoisotopic (exact) mass is 269 g/mol. The Morgan fingerprint density at radius 1 is 1.11 bits per heavy atom. The van der Waals surface area contributed by atoms with Crippen LogP contribution < -0.4 is 0 Å². The zero-order valence-electron chi connectivity index (χ0n) is 12.1. The second-order valence-corrected chi connectivity index (χ2v) is 9.26. The highest BCUT2D eigenvalue weighted by atomic mass is 28.4. The second kappa shape index (κ2) is 5.76. The van der Waals surface area contributed by atoms with Crippen molar-refractivity contribution in [2.45, 2.75) is 50.7 Å². The van der Waals surface area contributed by atoms with E-state index >= 15 is 0 Å². The van der Waals surface area contributed by atoms with Gasteiger partial charge in [-0.15, -0.1) is 0 Å². The lowest BCUT2D eigenvalue weighted by atomic mass is 9.86. The molecule has 0 spiro atoms. The first-order valence-corrected chi connectivity index (χ1v) is 9.57. The lowest BCUT2D eigenvalue weighted by Crippen LogP contribution is -2.64. The second-order valence-electron chi connectivity index (χ2n) is 5.75. The summed E-state index contributed by atoms with van der Waals surface area (Å²) >= 11 is 0. The Balaban J connectivity index is 1.98. The van der Waals surface area contributed by atoms with Gasteiger partial charge in [-0.2, -0.15) is 0 Å². The smallest absolute Gasteiger partial charge is 0.357 e. The van der Waals surface area contributed by atoms with Gasteiger partial charge in [0.15, 0.2) is 0 Å². The van der Waals surface area contributed by atoms with Crippen molar-refractivity contribution in [1.82, 2.24) is 4.90 Å². The molecule has 0 aromatic rings. The molecular formula is C14H27NO2Si. The van der Waals surface area contributed by atoms with Crippen molar-refractivity contribution >= 4 is 8.56 Å². The highest BCUT2D eigenvalue weighted by Gasteiger charge is 2.49. The minimum absolute atomic E-state index is 0.460. The van der Waals surface area contributed by atoms with Crippen LogP contribution in [-0.4, -0.2) is 39.9 Å². The summed E-state index contributed by atoms with van der Waals surface area (Å²) in [5.41, 5.74) is 1.81. The van der Waals surface area contributed by atoms with Gasteiger partial charge in [0.05, 0.1) is 5.67 Å². The zero-order valence-corrected chi connectivity index (χ0v) is 13.1. The number of allylic oxidation sites excluding steroid dienone is 1. The summed E-state index contributed by atoms with van der Waals surface area (Å²) in [7, 11) is 1.54. The number of nitrogens with zero attached hydrogens (tertiary/aromatic N) is 1. The van der Waals surface area contributed by atoms with Crippen LogP contribution in [0.25, 0.3) is 0 Å². The normalized spacial score (nSPS) is 25.9. The van der Waals surface area contributed by atoms with Crippen LogP contribution in [0.5, 0.6) is 0 Å². The highest BCUT2D eigenvalue weighted by Crippen LogP contribution is 2.37. The van der Waals surface area contributed by atoms with Crippen molar-refractivity contribution in [2.75, 3.05) is 20.8 Å². The van der Waals surface area contributed by atoms with Crippen molar-refractivity contribution in [3.63, 3.8) is 0 Å². The SMILES string of the molecule is C=C(C1CCCCC1)N1CCC1[Si](C)(OC)OC. The van der Waals surface area contributed by atoms with Gasteiger partial charge in [-0.25, -0.2) is 0 Å². The van der Waals surface area contributed by atoms with E-state index in [1.54, 1.807) is 14.2 Å². The molecule has 18 heavy (non-hydrogen) atoms. The number of likely N-dealkylation sites (tertiary alicyclic amines) is 1. The summed E-state index contributed by atoms with van der Waals surface area (Å²) in [5.74, 6) is 0.702. The van der Waals surface area contributed by atoms with Crippen LogP contribution >= 0.6 is 0 Å². The molecule has 104 valence electrons. The molecule has 0 bridgehead atoms. The molecule has 2 aliphatic rings. The molecule has 1 aliphatic heterocycles. The average Bonchev–Trinajstić information content (AvgIpc) is 2.38. The molecule has 3 nitrogen and oxygen atoms in total. The van der Waals surface area contributed by atoms with Crippen LogP contribution in [0.2, 0.25) is 6.55 Å². The molecule has 1 saturated carbocycles. The fourth-order valence-corrected chi connectivity index (χ4v) is 5.53. The Bertz CT molecular complexity index is 298. The molecule has 0 aromatic heterocycles. The lowest BCUT2D eigenvalue weighted by molar-refractivity contribution is 0.107. The lowest BCUT2D eigenvalue weighted by Gasteiger charge is -2.51. The Morgan fingerprint density at radius 3 is 2.17 bits per heavy atom.